The zero-order valence-corrected chi connectivity index (χ0v) is 23.6. The molecule has 0 aromatic heterocycles. The van der Waals surface area contributed by atoms with Gasteiger partial charge in [-0.2, -0.15) is 0 Å². The van der Waals surface area contributed by atoms with E-state index in [0.717, 1.165) is 28.1 Å². The number of hydrogen-bond acceptors (Lipinski definition) is 5. The summed E-state index contributed by atoms with van der Waals surface area (Å²) < 4.78 is 32.6. The van der Waals surface area contributed by atoms with Gasteiger partial charge in [-0.1, -0.05) is 79.7 Å². The Bertz CT molecular complexity index is 1320. The van der Waals surface area contributed by atoms with E-state index in [4.69, 9.17) is 4.74 Å². The highest BCUT2D eigenvalue weighted by Crippen LogP contribution is 2.30. The zero-order valence-electron chi connectivity index (χ0n) is 22.7. The molecule has 0 aliphatic heterocycles. The van der Waals surface area contributed by atoms with Gasteiger partial charge in [0, 0.05) is 19.5 Å². The van der Waals surface area contributed by atoms with Crippen LogP contribution < -0.4 is 14.4 Å². The van der Waals surface area contributed by atoms with Crippen molar-refractivity contribution in [3.8, 4) is 5.75 Å². The number of hydrogen-bond donors (Lipinski definition) is 1. The second-order valence-electron chi connectivity index (χ2n) is 9.17. The molecule has 1 N–H and O–H groups in total. The number of benzene rings is 3. The summed E-state index contributed by atoms with van der Waals surface area (Å²) >= 11 is 0. The van der Waals surface area contributed by atoms with Crippen LogP contribution in [-0.4, -0.2) is 57.1 Å². The predicted octanol–water partition coefficient (Wildman–Crippen LogP) is 4.02. The lowest BCUT2D eigenvalue weighted by Gasteiger charge is -2.33. The van der Waals surface area contributed by atoms with Crippen molar-refractivity contribution in [2.75, 3.05) is 30.3 Å². The third-order valence-electron chi connectivity index (χ3n) is 6.13. The van der Waals surface area contributed by atoms with E-state index in [-0.39, 0.29) is 24.6 Å². The lowest BCUT2D eigenvalue weighted by Crippen LogP contribution is -2.53. The fourth-order valence-corrected chi connectivity index (χ4v) is 5.09. The molecule has 1 atom stereocenters. The Kier molecular flexibility index (Phi) is 10.9. The van der Waals surface area contributed by atoms with Crippen molar-refractivity contribution >= 4 is 27.5 Å². The summed E-state index contributed by atoms with van der Waals surface area (Å²) in [6, 6.07) is 24.7. The van der Waals surface area contributed by atoms with Crippen LogP contribution in [0.2, 0.25) is 0 Å². The minimum atomic E-state index is -3.87. The maximum Gasteiger partial charge on any atom is 0.244 e. The highest BCUT2D eigenvalue weighted by atomic mass is 32.2. The number of carbonyl (C=O) groups excluding carboxylic acids is 2. The highest BCUT2D eigenvalue weighted by Gasteiger charge is 2.33. The molecule has 2 amide bonds. The Balaban J connectivity index is 2.04. The summed E-state index contributed by atoms with van der Waals surface area (Å²) in [6.07, 6.45) is 2.08. The fraction of sp³-hybridized carbons (Fsp3) is 0.333. The molecular formula is C30H37N3O5S. The van der Waals surface area contributed by atoms with Gasteiger partial charge in [-0.25, -0.2) is 8.42 Å². The van der Waals surface area contributed by atoms with Crippen LogP contribution >= 0.6 is 0 Å². The van der Waals surface area contributed by atoms with Gasteiger partial charge in [0.25, 0.3) is 0 Å². The number of rotatable bonds is 14. The molecule has 39 heavy (non-hydrogen) atoms. The second kappa shape index (κ2) is 14.3. The molecule has 0 fully saturated rings. The average Bonchev–Trinajstić information content (AvgIpc) is 2.93. The van der Waals surface area contributed by atoms with Crippen molar-refractivity contribution in [3.63, 3.8) is 0 Å². The van der Waals surface area contributed by atoms with Crippen molar-refractivity contribution in [2.24, 2.45) is 0 Å². The first kappa shape index (κ1) is 29.7. The van der Waals surface area contributed by atoms with Crippen molar-refractivity contribution in [2.45, 2.75) is 39.3 Å². The Morgan fingerprint density at radius 1 is 0.872 bits per heavy atom. The van der Waals surface area contributed by atoms with Gasteiger partial charge in [-0.3, -0.25) is 13.9 Å². The smallest absolute Gasteiger partial charge is 0.244 e. The molecule has 0 radical (unpaired) electrons. The van der Waals surface area contributed by atoms with Crippen molar-refractivity contribution in [1.82, 2.24) is 10.2 Å². The van der Waals surface area contributed by atoms with E-state index in [2.05, 4.69) is 5.32 Å². The summed E-state index contributed by atoms with van der Waals surface area (Å²) in [6.45, 7) is 4.22. The molecule has 3 aromatic carbocycles. The van der Waals surface area contributed by atoms with Gasteiger partial charge in [-0.05, 0) is 36.6 Å². The van der Waals surface area contributed by atoms with Gasteiger partial charge in [-0.15, -0.1) is 0 Å². The van der Waals surface area contributed by atoms with E-state index in [1.807, 2.05) is 67.6 Å². The second-order valence-corrected chi connectivity index (χ2v) is 11.1. The first-order valence-electron chi connectivity index (χ1n) is 13.1. The first-order valence-corrected chi connectivity index (χ1v) is 14.9. The molecule has 3 rings (SSSR count). The maximum atomic E-state index is 14.1. The normalized spacial score (nSPS) is 11.9. The molecule has 0 bridgehead atoms. The molecule has 3 aromatic rings. The van der Waals surface area contributed by atoms with E-state index in [9.17, 15) is 18.0 Å². The Morgan fingerprint density at radius 2 is 1.46 bits per heavy atom. The molecule has 9 heteroatoms. The third kappa shape index (κ3) is 8.58. The molecule has 0 saturated heterocycles. The molecular weight excluding hydrogens is 514 g/mol. The minimum Gasteiger partial charge on any atom is -0.492 e. The molecule has 0 unspecified atom stereocenters. The molecule has 0 aliphatic rings. The van der Waals surface area contributed by atoms with Crippen molar-refractivity contribution in [3.05, 3.63) is 96.1 Å². The van der Waals surface area contributed by atoms with Crippen LogP contribution in [0.1, 0.15) is 31.4 Å². The minimum absolute atomic E-state index is 0.140. The molecule has 0 spiro atoms. The molecule has 208 valence electrons. The monoisotopic (exact) mass is 551 g/mol. The number of para-hydroxylation sites is 2. The largest absolute Gasteiger partial charge is 0.492 e. The van der Waals surface area contributed by atoms with Crippen LogP contribution in [0.5, 0.6) is 5.75 Å². The SMILES string of the molecule is CCCNC(=O)[C@@H](Cc1ccccc1)N(Cc1ccccc1)C(=O)CN(c1ccccc1OCC)S(C)(=O)=O. The Hall–Kier alpha value is -3.85. The number of anilines is 1. The Labute approximate surface area is 231 Å². The van der Waals surface area contributed by atoms with E-state index < -0.39 is 28.5 Å². The van der Waals surface area contributed by atoms with E-state index in [1.165, 1.54) is 4.90 Å². The summed E-state index contributed by atoms with van der Waals surface area (Å²) in [5.74, 6) is -0.428. The van der Waals surface area contributed by atoms with E-state index >= 15 is 0 Å². The van der Waals surface area contributed by atoms with Crippen LogP contribution in [0.25, 0.3) is 0 Å². The number of carbonyl (C=O) groups is 2. The summed E-state index contributed by atoms with van der Waals surface area (Å²) in [4.78, 5) is 29.0. The van der Waals surface area contributed by atoms with Gasteiger partial charge in [0.05, 0.1) is 18.6 Å². The van der Waals surface area contributed by atoms with Gasteiger partial charge >= 0.3 is 0 Å². The summed E-state index contributed by atoms with van der Waals surface area (Å²) in [5, 5.41) is 2.93. The van der Waals surface area contributed by atoms with Crippen molar-refractivity contribution < 1.29 is 22.7 Å². The summed E-state index contributed by atoms with van der Waals surface area (Å²) in [7, 11) is -3.87. The van der Waals surface area contributed by atoms with Crippen LogP contribution in [-0.2, 0) is 32.6 Å². The molecule has 0 heterocycles. The van der Waals surface area contributed by atoms with Gasteiger partial charge in [0.1, 0.15) is 18.3 Å². The molecule has 0 saturated carbocycles. The van der Waals surface area contributed by atoms with E-state index in [1.54, 1.807) is 31.2 Å². The summed E-state index contributed by atoms with van der Waals surface area (Å²) in [5.41, 5.74) is 1.99. The fourth-order valence-electron chi connectivity index (χ4n) is 4.24. The highest BCUT2D eigenvalue weighted by molar-refractivity contribution is 7.92. The number of nitrogens with zero attached hydrogens (tertiary/aromatic N) is 2. The van der Waals surface area contributed by atoms with E-state index in [0.29, 0.717) is 18.9 Å². The van der Waals surface area contributed by atoms with Gasteiger partial charge in [0.15, 0.2) is 0 Å². The number of amides is 2. The number of ether oxygens (including phenoxy) is 1. The average molecular weight is 552 g/mol. The zero-order chi connectivity index (χ0) is 28.3. The third-order valence-corrected chi connectivity index (χ3v) is 7.26. The van der Waals surface area contributed by atoms with Crippen LogP contribution in [0.4, 0.5) is 5.69 Å². The lowest BCUT2D eigenvalue weighted by molar-refractivity contribution is -0.140. The molecule has 8 nitrogen and oxygen atoms in total. The maximum absolute atomic E-state index is 14.1. The predicted molar refractivity (Wildman–Crippen MR) is 154 cm³/mol. The number of sulfonamides is 1. The Morgan fingerprint density at radius 3 is 2.05 bits per heavy atom. The lowest BCUT2D eigenvalue weighted by atomic mass is 10.0. The molecule has 0 aliphatic carbocycles. The van der Waals surface area contributed by atoms with Crippen molar-refractivity contribution in [1.29, 1.82) is 0 Å². The standard InChI is InChI=1S/C30H37N3O5S/c1-4-20-31-30(35)27(21-24-14-8-6-9-15-24)32(22-25-16-10-7-11-17-25)29(34)23-33(39(3,36)37)26-18-12-13-19-28(26)38-5-2/h6-19,27H,4-5,20-23H2,1-3H3,(H,31,35)/t27-/m1/s1. The number of nitrogens with one attached hydrogen (secondary N) is 1. The van der Waals surface area contributed by atoms with Crippen LogP contribution in [0.15, 0.2) is 84.9 Å². The van der Waals surface area contributed by atoms with Gasteiger partial charge < -0.3 is 15.0 Å². The first-order chi connectivity index (χ1) is 18.7. The quantitative estimate of drug-likeness (QED) is 0.327. The van der Waals surface area contributed by atoms with Crippen LogP contribution in [0, 0.1) is 0 Å². The topological polar surface area (TPSA) is 96.0 Å². The van der Waals surface area contributed by atoms with Crippen LogP contribution in [0.3, 0.4) is 0 Å². The van der Waals surface area contributed by atoms with Gasteiger partial charge in [0.2, 0.25) is 21.8 Å².